The Morgan fingerprint density at radius 3 is 2.14 bits per heavy atom. The van der Waals surface area contributed by atoms with Crippen molar-refractivity contribution in [1.29, 1.82) is 0 Å². The average molecular weight is 222 g/mol. The van der Waals surface area contributed by atoms with Gasteiger partial charge in [-0.1, -0.05) is 0 Å². The van der Waals surface area contributed by atoms with Crippen LogP contribution in [0.2, 0.25) is 0 Å². The van der Waals surface area contributed by atoms with Gasteiger partial charge in [0.05, 0.1) is 32.0 Å². The van der Waals surface area contributed by atoms with Crippen LogP contribution in [-0.4, -0.2) is 32.0 Å². The summed E-state index contributed by atoms with van der Waals surface area (Å²) in [4.78, 5) is 0. The van der Waals surface area contributed by atoms with Gasteiger partial charge in [0.2, 0.25) is 0 Å². The summed E-state index contributed by atoms with van der Waals surface area (Å²) in [5.41, 5.74) is 0.118. The molecule has 0 unspecified atom stereocenters. The molecule has 1 saturated heterocycles. The van der Waals surface area contributed by atoms with Gasteiger partial charge in [-0.15, -0.1) is 0 Å². The Labute approximate surface area is 85.9 Å². The molecule has 0 radical (unpaired) electrons. The second-order valence-electron chi connectivity index (χ2n) is 3.47. The van der Waals surface area contributed by atoms with Crippen molar-refractivity contribution >= 4 is 7.60 Å². The molecule has 0 aliphatic carbocycles. The first-order chi connectivity index (χ1) is 6.73. The molecule has 0 spiro atoms. The van der Waals surface area contributed by atoms with Crippen molar-refractivity contribution in [2.75, 3.05) is 26.3 Å². The Balaban J connectivity index is 2.59. The van der Waals surface area contributed by atoms with Gasteiger partial charge in [-0.2, -0.15) is 0 Å². The van der Waals surface area contributed by atoms with Gasteiger partial charge in [0.25, 0.3) is 0 Å². The van der Waals surface area contributed by atoms with E-state index in [2.05, 4.69) is 5.32 Å². The van der Waals surface area contributed by atoms with Crippen LogP contribution in [0.5, 0.6) is 0 Å². The summed E-state index contributed by atoms with van der Waals surface area (Å²) in [6.07, 6.45) is 1.88. The monoisotopic (exact) mass is 222 g/mol. The summed E-state index contributed by atoms with van der Waals surface area (Å²) in [5, 5.41) is 2.25. The lowest BCUT2D eigenvalue weighted by molar-refractivity contribution is -0.661. The number of piperidine rings is 1. The van der Waals surface area contributed by atoms with E-state index in [1.165, 1.54) is 0 Å². The molecule has 0 aromatic carbocycles. The molecule has 5 heteroatoms. The minimum atomic E-state index is -2.81. The SMILES string of the molecule is CCOP(=O)(OCC)C1CC[NH2+]CC1. The molecule has 84 valence electrons. The molecule has 1 fully saturated rings. The molecule has 1 aliphatic rings. The zero-order chi connectivity index (χ0) is 10.4. The summed E-state index contributed by atoms with van der Waals surface area (Å²) in [5.74, 6) is 0. The number of hydrogen-bond donors (Lipinski definition) is 1. The van der Waals surface area contributed by atoms with Crippen molar-refractivity contribution in [3.8, 4) is 0 Å². The van der Waals surface area contributed by atoms with Crippen LogP contribution in [0.4, 0.5) is 0 Å². The van der Waals surface area contributed by atoms with Crippen molar-refractivity contribution in [3.63, 3.8) is 0 Å². The maximum absolute atomic E-state index is 12.3. The second kappa shape index (κ2) is 5.86. The molecule has 0 amide bonds. The molecule has 0 bridgehead atoms. The number of nitrogens with two attached hydrogens (primary N) is 1. The quantitative estimate of drug-likeness (QED) is 0.705. The first kappa shape index (κ1) is 12.2. The van der Waals surface area contributed by atoms with Gasteiger partial charge in [0.1, 0.15) is 0 Å². The van der Waals surface area contributed by atoms with Crippen molar-refractivity contribution in [1.82, 2.24) is 0 Å². The maximum atomic E-state index is 12.3. The third-order valence-electron chi connectivity index (χ3n) is 2.47. The summed E-state index contributed by atoms with van der Waals surface area (Å²) in [6, 6.07) is 0. The van der Waals surface area contributed by atoms with Crippen LogP contribution in [0.1, 0.15) is 26.7 Å². The third kappa shape index (κ3) is 3.06. The third-order valence-corrected chi connectivity index (χ3v) is 5.12. The summed E-state index contributed by atoms with van der Waals surface area (Å²) >= 11 is 0. The Kier molecular flexibility index (Phi) is 5.10. The standard InChI is InChI=1S/C9H20NO3P/c1-3-12-14(11,13-4-2)9-5-7-10-8-6-9/h9-10H,3-8H2,1-2H3/p+1. The predicted molar refractivity (Wildman–Crippen MR) is 55.5 cm³/mol. The van der Waals surface area contributed by atoms with Gasteiger partial charge in [-0.25, -0.2) is 0 Å². The maximum Gasteiger partial charge on any atom is 0.334 e. The highest BCUT2D eigenvalue weighted by Crippen LogP contribution is 2.55. The van der Waals surface area contributed by atoms with E-state index in [0.717, 1.165) is 25.9 Å². The summed E-state index contributed by atoms with van der Waals surface area (Å²) < 4.78 is 23.0. The Morgan fingerprint density at radius 1 is 1.21 bits per heavy atom. The van der Waals surface area contributed by atoms with Crippen LogP contribution in [-0.2, 0) is 13.6 Å². The first-order valence-corrected chi connectivity index (χ1v) is 7.04. The van der Waals surface area contributed by atoms with E-state index in [4.69, 9.17) is 9.05 Å². The molecule has 0 saturated carbocycles. The number of hydrogen-bond acceptors (Lipinski definition) is 3. The average Bonchev–Trinajstić information content (AvgIpc) is 2.20. The Bertz CT molecular complexity index is 194. The minimum absolute atomic E-state index is 0.118. The molecule has 0 aromatic heterocycles. The van der Waals surface area contributed by atoms with Gasteiger partial charge >= 0.3 is 7.60 Å². The summed E-state index contributed by atoms with van der Waals surface area (Å²) in [6.45, 7) is 6.74. The van der Waals surface area contributed by atoms with Crippen molar-refractivity contribution in [2.45, 2.75) is 32.3 Å². The number of quaternary nitrogens is 1. The fraction of sp³-hybridized carbons (Fsp3) is 1.00. The van der Waals surface area contributed by atoms with Crippen molar-refractivity contribution in [3.05, 3.63) is 0 Å². The van der Waals surface area contributed by atoms with Crippen LogP contribution in [0.15, 0.2) is 0 Å². The molecular formula is C9H21NO3P+. The lowest BCUT2D eigenvalue weighted by Gasteiger charge is -2.27. The molecular weight excluding hydrogens is 201 g/mol. The van der Waals surface area contributed by atoms with Gasteiger partial charge in [-0.3, -0.25) is 4.57 Å². The zero-order valence-electron chi connectivity index (χ0n) is 9.07. The lowest BCUT2D eigenvalue weighted by atomic mass is 10.2. The van der Waals surface area contributed by atoms with Crippen LogP contribution in [0, 0.1) is 0 Å². The van der Waals surface area contributed by atoms with E-state index in [1.54, 1.807) is 0 Å². The predicted octanol–water partition coefficient (Wildman–Crippen LogP) is 0.978. The van der Waals surface area contributed by atoms with Gasteiger partial charge in [0.15, 0.2) is 0 Å². The second-order valence-corrected chi connectivity index (χ2v) is 5.80. The van der Waals surface area contributed by atoms with Crippen LogP contribution < -0.4 is 5.32 Å². The van der Waals surface area contributed by atoms with Gasteiger partial charge in [0, 0.05) is 12.8 Å². The number of rotatable bonds is 5. The minimum Gasteiger partial charge on any atom is -0.346 e. The van der Waals surface area contributed by atoms with Crippen LogP contribution in [0.25, 0.3) is 0 Å². The fourth-order valence-corrected chi connectivity index (χ4v) is 3.98. The van der Waals surface area contributed by atoms with Crippen LogP contribution in [0.3, 0.4) is 0 Å². The van der Waals surface area contributed by atoms with E-state index >= 15 is 0 Å². The highest BCUT2D eigenvalue weighted by Gasteiger charge is 2.37. The van der Waals surface area contributed by atoms with E-state index in [9.17, 15) is 4.57 Å². The van der Waals surface area contributed by atoms with E-state index in [1.807, 2.05) is 13.8 Å². The topological polar surface area (TPSA) is 52.1 Å². The lowest BCUT2D eigenvalue weighted by Crippen LogP contribution is -2.86. The highest BCUT2D eigenvalue weighted by molar-refractivity contribution is 7.54. The molecule has 4 nitrogen and oxygen atoms in total. The Hall–Kier alpha value is 0.110. The largest absolute Gasteiger partial charge is 0.346 e. The van der Waals surface area contributed by atoms with E-state index in [0.29, 0.717) is 13.2 Å². The summed E-state index contributed by atoms with van der Waals surface area (Å²) in [7, 11) is -2.81. The van der Waals surface area contributed by atoms with Gasteiger partial charge < -0.3 is 14.4 Å². The normalized spacial score (nSPS) is 19.9. The molecule has 1 rings (SSSR count). The molecule has 0 atom stereocenters. The van der Waals surface area contributed by atoms with Crippen molar-refractivity contribution < 1.29 is 18.9 Å². The molecule has 1 aliphatic heterocycles. The van der Waals surface area contributed by atoms with Crippen molar-refractivity contribution in [2.24, 2.45) is 0 Å². The molecule has 2 N–H and O–H groups in total. The smallest absolute Gasteiger partial charge is 0.334 e. The van der Waals surface area contributed by atoms with E-state index in [-0.39, 0.29) is 5.66 Å². The fourth-order valence-electron chi connectivity index (χ4n) is 1.83. The molecule has 1 heterocycles. The van der Waals surface area contributed by atoms with Crippen LogP contribution >= 0.6 is 7.60 Å². The first-order valence-electron chi connectivity index (χ1n) is 5.43. The molecule has 0 aromatic rings. The Morgan fingerprint density at radius 2 is 1.71 bits per heavy atom. The van der Waals surface area contributed by atoms with E-state index < -0.39 is 7.60 Å². The molecule has 14 heavy (non-hydrogen) atoms. The zero-order valence-corrected chi connectivity index (χ0v) is 9.96. The van der Waals surface area contributed by atoms with Gasteiger partial charge in [-0.05, 0) is 13.8 Å². The highest BCUT2D eigenvalue weighted by atomic mass is 31.2.